The van der Waals surface area contributed by atoms with Crippen molar-refractivity contribution in [1.29, 1.82) is 5.26 Å². The monoisotopic (exact) mass is 472 g/mol. The van der Waals surface area contributed by atoms with Gasteiger partial charge >= 0.3 is 5.97 Å². The summed E-state index contributed by atoms with van der Waals surface area (Å²) in [6, 6.07) is 13.9. The maximum Gasteiger partial charge on any atom is 0.335 e. The van der Waals surface area contributed by atoms with Gasteiger partial charge in [0.05, 0.1) is 35.0 Å². The van der Waals surface area contributed by atoms with E-state index in [1.165, 1.54) is 16.8 Å². The minimum atomic E-state index is -1.06. The molecular formula is C26H24N4O5. The molecule has 0 saturated heterocycles. The lowest BCUT2D eigenvalue weighted by atomic mass is 9.84. The number of hydrogen-bond donors (Lipinski definition) is 2. The van der Waals surface area contributed by atoms with E-state index in [9.17, 15) is 15.2 Å². The highest BCUT2D eigenvalue weighted by molar-refractivity contribution is 5.88. The van der Waals surface area contributed by atoms with Crippen LogP contribution in [-0.2, 0) is 0 Å². The molecule has 9 heteroatoms. The zero-order chi connectivity index (χ0) is 25.1. The summed E-state index contributed by atoms with van der Waals surface area (Å²) in [5.41, 5.74) is 9.03. The van der Waals surface area contributed by atoms with Crippen molar-refractivity contribution < 1.29 is 24.1 Å². The van der Waals surface area contributed by atoms with Gasteiger partial charge in [0.15, 0.2) is 11.5 Å². The van der Waals surface area contributed by atoms with E-state index in [-0.39, 0.29) is 17.0 Å². The summed E-state index contributed by atoms with van der Waals surface area (Å²) in [4.78, 5) is 11.5. The van der Waals surface area contributed by atoms with Gasteiger partial charge in [0.2, 0.25) is 11.8 Å². The summed E-state index contributed by atoms with van der Waals surface area (Å²) in [5, 5.41) is 23.9. The molecule has 1 unspecified atom stereocenters. The molecule has 0 spiro atoms. The first-order valence-corrected chi connectivity index (χ1v) is 10.9. The molecule has 178 valence electrons. The second-order valence-electron chi connectivity index (χ2n) is 7.74. The van der Waals surface area contributed by atoms with Crippen LogP contribution in [0.1, 0.15) is 40.0 Å². The number of carboxylic acid groups (broad SMARTS) is 1. The van der Waals surface area contributed by atoms with Crippen molar-refractivity contribution in [3.63, 3.8) is 0 Å². The zero-order valence-electron chi connectivity index (χ0n) is 19.3. The molecule has 1 aliphatic rings. The third-order valence-corrected chi connectivity index (χ3v) is 5.53. The SMILES string of the molecule is C=CCOc1ccc(C2C(C#N)=C(N)Oc3c2c(C)nn3-c2cccc(C(=O)O)c2)cc1OCC. The smallest absolute Gasteiger partial charge is 0.335 e. The van der Waals surface area contributed by atoms with Crippen LogP contribution < -0.4 is 19.9 Å². The van der Waals surface area contributed by atoms with Crippen molar-refractivity contribution in [2.24, 2.45) is 5.73 Å². The highest BCUT2D eigenvalue weighted by Crippen LogP contribution is 2.46. The molecule has 3 N–H and O–H groups in total. The number of allylic oxidation sites excluding steroid dienone is 1. The predicted octanol–water partition coefficient (Wildman–Crippen LogP) is 4.06. The lowest BCUT2D eigenvalue weighted by molar-refractivity contribution is 0.0697. The Bertz CT molecular complexity index is 1380. The Balaban J connectivity index is 1.88. The van der Waals surface area contributed by atoms with Gasteiger partial charge in [0, 0.05) is 0 Å². The number of hydrogen-bond acceptors (Lipinski definition) is 7. The van der Waals surface area contributed by atoms with Crippen LogP contribution in [0.3, 0.4) is 0 Å². The third kappa shape index (κ3) is 4.29. The second-order valence-corrected chi connectivity index (χ2v) is 7.74. The summed E-state index contributed by atoms with van der Waals surface area (Å²) in [5.74, 6) is -0.294. The zero-order valence-corrected chi connectivity index (χ0v) is 19.3. The van der Waals surface area contributed by atoms with Crippen LogP contribution in [0, 0.1) is 18.3 Å². The number of aryl methyl sites for hydroxylation is 1. The van der Waals surface area contributed by atoms with Crippen LogP contribution in [-0.4, -0.2) is 34.1 Å². The molecule has 35 heavy (non-hydrogen) atoms. The van der Waals surface area contributed by atoms with Crippen LogP contribution in [0.5, 0.6) is 17.4 Å². The molecule has 1 aliphatic heterocycles. The first kappa shape index (κ1) is 23.4. The van der Waals surface area contributed by atoms with Crippen molar-refractivity contribution in [2.45, 2.75) is 19.8 Å². The topological polar surface area (TPSA) is 133 Å². The molecule has 4 rings (SSSR count). The van der Waals surface area contributed by atoms with Gasteiger partial charge in [-0.2, -0.15) is 10.4 Å². The highest BCUT2D eigenvalue weighted by atomic mass is 16.5. The number of carbonyl (C=O) groups is 1. The molecule has 1 aromatic heterocycles. The fourth-order valence-electron chi connectivity index (χ4n) is 4.03. The van der Waals surface area contributed by atoms with Crippen molar-refractivity contribution in [2.75, 3.05) is 13.2 Å². The van der Waals surface area contributed by atoms with E-state index in [1.807, 2.05) is 19.1 Å². The number of fused-ring (bicyclic) bond motifs is 1. The van der Waals surface area contributed by atoms with Crippen LogP contribution in [0.4, 0.5) is 0 Å². The number of nitriles is 1. The van der Waals surface area contributed by atoms with E-state index in [2.05, 4.69) is 17.7 Å². The van der Waals surface area contributed by atoms with Crippen LogP contribution >= 0.6 is 0 Å². The highest BCUT2D eigenvalue weighted by Gasteiger charge is 2.36. The largest absolute Gasteiger partial charge is 0.490 e. The molecule has 0 radical (unpaired) electrons. The number of rotatable bonds is 8. The van der Waals surface area contributed by atoms with Crippen molar-refractivity contribution in [1.82, 2.24) is 9.78 Å². The molecule has 0 saturated carbocycles. The van der Waals surface area contributed by atoms with Gasteiger partial charge in [0.25, 0.3) is 0 Å². The summed E-state index contributed by atoms with van der Waals surface area (Å²) < 4.78 is 18.9. The van der Waals surface area contributed by atoms with Gasteiger partial charge < -0.3 is 25.1 Å². The van der Waals surface area contributed by atoms with Gasteiger partial charge in [-0.05, 0) is 49.7 Å². The minimum Gasteiger partial charge on any atom is -0.490 e. The van der Waals surface area contributed by atoms with Gasteiger partial charge in [-0.15, -0.1) is 0 Å². The Kier molecular flexibility index (Phi) is 6.46. The quantitative estimate of drug-likeness (QED) is 0.469. The second kappa shape index (κ2) is 9.65. The Labute approximate surface area is 202 Å². The normalized spacial score (nSPS) is 14.5. The van der Waals surface area contributed by atoms with Crippen LogP contribution in [0.15, 0.2) is 66.6 Å². The van der Waals surface area contributed by atoms with Crippen LogP contribution in [0.2, 0.25) is 0 Å². The first-order valence-electron chi connectivity index (χ1n) is 10.9. The van der Waals surface area contributed by atoms with Gasteiger partial charge in [0.1, 0.15) is 18.2 Å². The van der Waals surface area contributed by atoms with E-state index in [0.29, 0.717) is 47.5 Å². The maximum absolute atomic E-state index is 11.5. The Morgan fingerprint density at radius 1 is 1.31 bits per heavy atom. The molecule has 2 heterocycles. The van der Waals surface area contributed by atoms with E-state index < -0.39 is 11.9 Å². The van der Waals surface area contributed by atoms with E-state index >= 15 is 0 Å². The van der Waals surface area contributed by atoms with E-state index in [1.54, 1.807) is 31.2 Å². The van der Waals surface area contributed by atoms with Gasteiger partial charge in [-0.3, -0.25) is 0 Å². The number of nitrogens with zero attached hydrogens (tertiary/aromatic N) is 3. The van der Waals surface area contributed by atoms with Gasteiger partial charge in [-0.25, -0.2) is 9.48 Å². The Morgan fingerprint density at radius 3 is 2.80 bits per heavy atom. The van der Waals surface area contributed by atoms with Gasteiger partial charge in [-0.1, -0.05) is 24.8 Å². The molecule has 1 atom stereocenters. The average molecular weight is 473 g/mol. The molecule has 3 aromatic rings. The molecule has 0 fully saturated rings. The number of benzene rings is 2. The van der Waals surface area contributed by atoms with Crippen molar-refractivity contribution >= 4 is 5.97 Å². The molecule has 2 aromatic carbocycles. The molecule has 0 amide bonds. The molecular weight excluding hydrogens is 448 g/mol. The Hall–Kier alpha value is -4.71. The van der Waals surface area contributed by atoms with Crippen molar-refractivity contribution in [3.8, 4) is 29.1 Å². The molecule has 0 bridgehead atoms. The first-order chi connectivity index (χ1) is 16.9. The standard InChI is InChI=1S/C26H24N4O5/c1-4-11-34-20-10-9-16(13-21(20)33-5-2)23-19(14-27)24(28)35-25-22(23)15(3)29-30(25)18-8-6-7-17(12-18)26(31)32/h4,6-10,12-13,23H,1,5,11,28H2,2-3H3,(H,31,32). The fraction of sp³-hybridized carbons (Fsp3) is 0.192. The lowest BCUT2D eigenvalue weighted by Crippen LogP contribution is -2.22. The number of carboxylic acids is 1. The third-order valence-electron chi connectivity index (χ3n) is 5.53. The molecule has 0 aliphatic carbocycles. The molecule has 9 nitrogen and oxygen atoms in total. The van der Waals surface area contributed by atoms with E-state index in [4.69, 9.17) is 19.9 Å². The summed E-state index contributed by atoms with van der Waals surface area (Å²) in [7, 11) is 0. The number of nitrogens with two attached hydrogens (primary N) is 1. The minimum absolute atomic E-state index is 0.0505. The fourth-order valence-corrected chi connectivity index (χ4v) is 4.03. The average Bonchev–Trinajstić information content (AvgIpc) is 3.18. The van der Waals surface area contributed by atoms with E-state index in [0.717, 1.165) is 5.56 Å². The van der Waals surface area contributed by atoms with Crippen molar-refractivity contribution in [3.05, 3.63) is 89.0 Å². The number of ether oxygens (including phenoxy) is 3. The van der Waals surface area contributed by atoms with Crippen LogP contribution in [0.25, 0.3) is 5.69 Å². The lowest BCUT2D eigenvalue weighted by Gasteiger charge is -2.25. The number of aromatic nitrogens is 2. The summed E-state index contributed by atoms with van der Waals surface area (Å²) >= 11 is 0. The summed E-state index contributed by atoms with van der Waals surface area (Å²) in [6.45, 7) is 8.08. The maximum atomic E-state index is 11.5. The summed E-state index contributed by atoms with van der Waals surface area (Å²) in [6.07, 6.45) is 1.64. The predicted molar refractivity (Wildman–Crippen MR) is 128 cm³/mol. The Morgan fingerprint density at radius 2 is 2.11 bits per heavy atom. The number of aromatic carboxylic acids is 1.